The Hall–Kier alpha value is -3.91. The second kappa shape index (κ2) is 9.93. The Morgan fingerprint density at radius 2 is 1.88 bits per heavy atom. The van der Waals surface area contributed by atoms with Crippen molar-refractivity contribution in [2.45, 2.75) is 13.5 Å². The quantitative estimate of drug-likeness (QED) is 0.411. The van der Waals surface area contributed by atoms with Crippen LogP contribution in [0.5, 0.6) is 5.75 Å². The summed E-state index contributed by atoms with van der Waals surface area (Å²) in [4.78, 5) is 25.4. The number of benzene rings is 2. The summed E-state index contributed by atoms with van der Waals surface area (Å²) in [5, 5.41) is 7.26. The van der Waals surface area contributed by atoms with Crippen LogP contribution in [0.3, 0.4) is 0 Å². The van der Waals surface area contributed by atoms with E-state index in [0.717, 1.165) is 5.56 Å². The fourth-order valence-electron chi connectivity index (χ4n) is 3.32. The van der Waals surface area contributed by atoms with Gasteiger partial charge in [0.1, 0.15) is 12.4 Å². The zero-order valence-corrected chi connectivity index (χ0v) is 17.7. The molecule has 2 aromatic carbocycles. The average Bonchev–Trinajstić information content (AvgIpc) is 3.12. The van der Waals surface area contributed by atoms with Crippen molar-refractivity contribution in [3.05, 3.63) is 94.5 Å². The molecular weight excluding hydrogens is 408 g/mol. The fraction of sp³-hybridized carbons (Fsp3) is 0.208. The first kappa shape index (κ1) is 21.3. The van der Waals surface area contributed by atoms with Gasteiger partial charge >= 0.3 is 5.69 Å². The van der Waals surface area contributed by atoms with Crippen molar-refractivity contribution in [1.29, 1.82) is 0 Å². The van der Waals surface area contributed by atoms with Gasteiger partial charge in [-0.2, -0.15) is 0 Å². The summed E-state index contributed by atoms with van der Waals surface area (Å²) in [5.74, 6) is 0.219. The molecule has 0 bridgehead atoms. The predicted octanol–water partition coefficient (Wildman–Crippen LogP) is 3.21. The number of nitrogens with one attached hydrogen (secondary N) is 1. The summed E-state index contributed by atoms with van der Waals surface area (Å²) < 4.78 is 13.9. The highest BCUT2D eigenvalue weighted by Gasteiger charge is 2.13. The summed E-state index contributed by atoms with van der Waals surface area (Å²) in [6.45, 7) is 3.64. The summed E-state index contributed by atoms with van der Waals surface area (Å²) >= 11 is 0. The first-order valence-electron chi connectivity index (χ1n) is 10.4. The van der Waals surface area contributed by atoms with E-state index in [9.17, 15) is 9.59 Å². The lowest BCUT2D eigenvalue weighted by molar-refractivity contribution is 0.0998. The molecular formula is C24H24N4O4. The Balaban J connectivity index is 1.48. The summed E-state index contributed by atoms with van der Waals surface area (Å²) in [6, 6.07) is 19.8. The van der Waals surface area contributed by atoms with E-state index in [2.05, 4.69) is 10.4 Å². The molecule has 32 heavy (non-hydrogen) atoms. The lowest BCUT2D eigenvalue weighted by Gasteiger charge is -2.12. The number of hydrogen-bond donors (Lipinski definition) is 1. The molecule has 0 spiro atoms. The van der Waals surface area contributed by atoms with E-state index in [1.165, 1.54) is 9.08 Å². The highest BCUT2D eigenvalue weighted by Crippen LogP contribution is 2.20. The number of fused-ring (bicyclic) bond motifs is 1. The summed E-state index contributed by atoms with van der Waals surface area (Å²) in [6.07, 6.45) is 1.69. The second-order valence-electron chi connectivity index (χ2n) is 7.07. The van der Waals surface area contributed by atoms with Gasteiger partial charge in [-0.1, -0.05) is 30.3 Å². The number of carbonyl (C=O) groups is 1. The van der Waals surface area contributed by atoms with E-state index in [1.807, 2.05) is 37.3 Å². The van der Waals surface area contributed by atoms with E-state index in [1.54, 1.807) is 42.6 Å². The molecule has 0 radical (unpaired) electrons. The molecule has 1 amide bonds. The number of pyridine rings is 1. The van der Waals surface area contributed by atoms with E-state index in [0.29, 0.717) is 49.0 Å². The number of hydrogen-bond acceptors (Lipinski definition) is 5. The highest BCUT2D eigenvalue weighted by atomic mass is 16.5. The molecule has 1 N–H and O–H groups in total. The average molecular weight is 432 g/mol. The molecule has 4 aromatic rings. The van der Waals surface area contributed by atoms with Crippen LogP contribution in [-0.2, 0) is 11.3 Å². The maximum atomic E-state index is 12.9. The Labute approximate surface area is 185 Å². The van der Waals surface area contributed by atoms with Gasteiger partial charge in [0, 0.05) is 18.5 Å². The molecule has 0 aliphatic heterocycles. The Kier molecular flexibility index (Phi) is 6.62. The summed E-state index contributed by atoms with van der Waals surface area (Å²) in [7, 11) is 0. The molecule has 0 atom stereocenters. The Morgan fingerprint density at radius 3 is 2.72 bits per heavy atom. The van der Waals surface area contributed by atoms with Gasteiger partial charge in [0.2, 0.25) is 0 Å². The lowest BCUT2D eigenvalue weighted by Crippen LogP contribution is -2.21. The topological polar surface area (TPSA) is 86.9 Å². The van der Waals surface area contributed by atoms with Crippen LogP contribution in [0, 0.1) is 0 Å². The standard InChI is InChI=1S/C24H24N4O4/c1-2-31-14-15-32-21-11-4-3-10-20(21)23(29)25-19-9-7-8-18(16-19)17-28-24(30)27-13-6-5-12-22(27)26-28/h3-13,16H,2,14-15,17H2,1H3,(H,25,29). The zero-order chi connectivity index (χ0) is 22.3. The molecule has 2 heterocycles. The molecule has 0 aliphatic carbocycles. The van der Waals surface area contributed by atoms with Gasteiger partial charge in [-0.25, -0.2) is 9.48 Å². The molecule has 8 nitrogen and oxygen atoms in total. The Bertz CT molecular complexity index is 1280. The number of amides is 1. The fourth-order valence-corrected chi connectivity index (χ4v) is 3.32. The minimum atomic E-state index is -0.279. The maximum Gasteiger partial charge on any atom is 0.350 e. The number of nitrogens with zero attached hydrogens (tertiary/aromatic N) is 3. The van der Waals surface area contributed by atoms with E-state index >= 15 is 0 Å². The second-order valence-corrected chi connectivity index (χ2v) is 7.07. The van der Waals surface area contributed by atoms with Gasteiger partial charge in [-0.3, -0.25) is 9.20 Å². The van der Waals surface area contributed by atoms with Crippen molar-refractivity contribution in [2.75, 3.05) is 25.1 Å². The van der Waals surface area contributed by atoms with Crippen LogP contribution >= 0.6 is 0 Å². The number of ether oxygens (including phenoxy) is 2. The van der Waals surface area contributed by atoms with Gasteiger partial charge in [0.15, 0.2) is 5.65 Å². The van der Waals surface area contributed by atoms with Gasteiger partial charge < -0.3 is 14.8 Å². The van der Waals surface area contributed by atoms with Crippen molar-refractivity contribution < 1.29 is 14.3 Å². The van der Waals surface area contributed by atoms with Crippen LogP contribution in [0.4, 0.5) is 5.69 Å². The number of para-hydroxylation sites is 1. The molecule has 0 saturated carbocycles. The molecule has 2 aromatic heterocycles. The number of anilines is 1. The minimum absolute atomic E-state index is 0.215. The third kappa shape index (κ3) is 4.87. The first-order chi connectivity index (χ1) is 15.7. The van der Waals surface area contributed by atoms with Gasteiger partial charge in [-0.05, 0) is 48.9 Å². The minimum Gasteiger partial charge on any atom is -0.490 e. The van der Waals surface area contributed by atoms with E-state index in [-0.39, 0.29) is 11.6 Å². The number of carbonyl (C=O) groups excluding carboxylic acids is 1. The van der Waals surface area contributed by atoms with Crippen LogP contribution in [0.15, 0.2) is 77.7 Å². The zero-order valence-electron chi connectivity index (χ0n) is 17.7. The van der Waals surface area contributed by atoms with E-state index in [4.69, 9.17) is 9.47 Å². The van der Waals surface area contributed by atoms with Crippen molar-refractivity contribution in [3.8, 4) is 5.75 Å². The summed E-state index contributed by atoms with van der Waals surface area (Å²) in [5.41, 5.74) is 2.27. The van der Waals surface area contributed by atoms with Crippen molar-refractivity contribution >= 4 is 17.2 Å². The maximum absolute atomic E-state index is 12.9. The van der Waals surface area contributed by atoms with Crippen LogP contribution in [-0.4, -0.2) is 39.9 Å². The normalized spacial score (nSPS) is 10.9. The first-order valence-corrected chi connectivity index (χ1v) is 10.4. The van der Waals surface area contributed by atoms with Gasteiger partial charge in [0.25, 0.3) is 5.91 Å². The molecule has 0 unspecified atom stereocenters. The molecule has 8 heteroatoms. The van der Waals surface area contributed by atoms with Gasteiger partial charge in [-0.15, -0.1) is 5.10 Å². The number of rotatable bonds is 9. The third-order valence-electron chi connectivity index (χ3n) is 4.83. The van der Waals surface area contributed by atoms with Crippen LogP contribution in [0.25, 0.3) is 5.65 Å². The molecule has 0 saturated heterocycles. The Morgan fingerprint density at radius 1 is 1.03 bits per heavy atom. The molecule has 0 aliphatic rings. The van der Waals surface area contributed by atoms with Crippen molar-refractivity contribution in [2.24, 2.45) is 0 Å². The lowest BCUT2D eigenvalue weighted by atomic mass is 10.1. The molecule has 4 rings (SSSR count). The van der Waals surface area contributed by atoms with Crippen LogP contribution in [0.1, 0.15) is 22.8 Å². The monoisotopic (exact) mass is 432 g/mol. The SMILES string of the molecule is CCOCCOc1ccccc1C(=O)Nc1cccc(Cn2nc3ccccn3c2=O)c1. The molecule has 0 fully saturated rings. The van der Waals surface area contributed by atoms with E-state index < -0.39 is 0 Å². The van der Waals surface area contributed by atoms with Crippen molar-refractivity contribution in [1.82, 2.24) is 14.2 Å². The third-order valence-corrected chi connectivity index (χ3v) is 4.83. The van der Waals surface area contributed by atoms with Crippen LogP contribution in [0.2, 0.25) is 0 Å². The van der Waals surface area contributed by atoms with Crippen LogP contribution < -0.4 is 15.7 Å². The van der Waals surface area contributed by atoms with Crippen molar-refractivity contribution in [3.63, 3.8) is 0 Å². The largest absolute Gasteiger partial charge is 0.490 e. The highest BCUT2D eigenvalue weighted by molar-refractivity contribution is 6.06. The molecule has 164 valence electrons. The number of aromatic nitrogens is 3. The predicted molar refractivity (Wildman–Crippen MR) is 121 cm³/mol. The smallest absolute Gasteiger partial charge is 0.350 e. The van der Waals surface area contributed by atoms with Gasteiger partial charge in [0.05, 0.1) is 18.7 Å².